The van der Waals surface area contributed by atoms with Crippen LogP contribution in [0.4, 0.5) is 4.79 Å². The molecule has 0 unspecified atom stereocenters. The van der Waals surface area contributed by atoms with Crippen LogP contribution in [0.1, 0.15) is 23.9 Å². The van der Waals surface area contributed by atoms with Crippen molar-refractivity contribution in [1.82, 2.24) is 24.3 Å². The number of urea groups is 1. The number of hydrogen-bond acceptors (Lipinski definition) is 3. The summed E-state index contributed by atoms with van der Waals surface area (Å²) in [5.41, 5.74) is 6.13. The molecular weight excluding hydrogens is 446 g/mol. The molecule has 2 aromatic heterocycles. The summed E-state index contributed by atoms with van der Waals surface area (Å²) in [6.07, 6.45) is 7.54. The van der Waals surface area contributed by atoms with Crippen LogP contribution in [0.5, 0.6) is 0 Å². The monoisotopic (exact) mass is 471 g/mol. The van der Waals surface area contributed by atoms with Crippen molar-refractivity contribution in [1.29, 1.82) is 0 Å². The molecule has 4 aromatic rings. The molecule has 1 fully saturated rings. The third-order valence-electron chi connectivity index (χ3n) is 6.27. The molecule has 0 atom stereocenters. The Morgan fingerprint density at radius 3 is 2.56 bits per heavy atom. The maximum Gasteiger partial charge on any atom is 0.320 e. The van der Waals surface area contributed by atoms with E-state index in [1.165, 1.54) is 0 Å². The Kier molecular flexibility index (Phi) is 6.07. The minimum atomic E-state index is 0.0925. The summed E-state index contributed by atoms with van der Waals surface area (Å²) >= 11 is 6.43. The summed E-state index contributed by atoms with van der Waals surface area (Å²) in [5, 5.41) is 0.612. The van der Waals surface area contributed by atoms with Gasteiger partial charge >= 0.3 is 6.03 Å². The van der Waals surface area contributed by atoms with Gasteiger partial charge in [-0.15, -0.1) is 0 Å². The maximum atomic E-state index is 12.1. The molecule has 0 N–H and O–H groups in total. The van der Waals surface area contributed by atoms with E-state index in [4.69, 9.17) is 16.6 Å². The first-order valence-electron chi connectivity index (χ1n) is 11.4. The van der Waals surface area contributed by atoms with E-state index < -0.39 is 0 Å². The van der Waals surface area contributed by atoms with Gasteiger partial charge in [0.1, 0.15) is 5.82 Å². The number of hydrogen-bond donors (Lipinski definition) is 0. The lowest BCUT2D eigenvalue weighted by atomic mass is 10.1. The zero-order valence-electron chi connectivity index (χ0n) is 19.3. The van der Waals surface area contributed by atoms with Gasteiger partial charge < -0.3 is 14.4 Å². The molecule has 6 nitrogen and oxygen atoms in total. The third-order valence-corrected chi connectivity index (χ3v) is 6.57. The Hall–Kier alpha value is -3.64. The molecule has 0 aliphatic carbocycles. The lowest BCUT2D eigenvalue weighted by Crippen LogP contribution is -2.28. The number of halogens is 1. The first-order chi connectivity index (χ1) is 16.5. The van der Waals surface area contributed by atoms with Crippen LogP contribution >= 0.6 is 11.6 Å². The topological polar surface area (TPSA) is 54.3 Å². The SMILES string of the molecule is CCn1c(/C=C/c2ccc(CN3CCN(C)C3=O)cc2)nc2c(-c3ccncc3Cl)cccc21. The predicted octanol–water partition coefficient (Wildman–Crippen LogP) is 5.81. The zero-order valence-corrected chi connectivity index (χ0v) is 20.0. The number of carbonyl (C=O) groups is 1. The number of amides is 2. The van der Waals surface area contributed by atoms with Gasteiger partial charge in [-0.3, -0.25) is 4.98 Å². The molecule has 0 spiro atoms. The molecule has 34 heavy (non-hydrogen) atoms. The largest absolute Gasteiger partial charge is 0.326 e. The molecule has 1 saturated heterocycles. The van der Waals surface area contributed by atoms with E-state index >= 15 is 0 Å². The molecular formula is C27H26ClN5O. The summed E-state index contributed by atoms with van der Waals surface area (Å²) in [6.45, 7) is 5.13. The molecule has 0 radical (unpaired) electrons. The Labute approximate surface area is 204 Å². The number of benzene rings is 2. The van der Waals surface area contributed by atoms with Crippen molar-refractivity contribution in [2.75, 3.05) is 20.1 Å². The molecule has 2 aromatic carbocycles. The summed E-state index contributed by atoms with van der Waals surface area (Å²) in [6, 6.07) is 16.5. The molecule has 3 heterocycles. The van der Waals surface area contributed by atoms with Gasteiger partial charge in [-0.2, -0.15) is 0 Å². The molecule has 172 valence electrons. The van der Waals surface area contributed by atoms with Gasteiger partial charge in [0.2, 0.25) is 0 Å². The Morgan fingerprint density at radius 1 is 1.03 bits per heavy atom. The Morgan fingerprint density at radius 2 is 1.85 bits per heavy atom. The van der Waals surface area contributed by atoms with Gasteiger partial charge in [-0.05, 0) is 36.3 Å². The van der Waals surface area contributed by atoms with Crippen molar-refractivity contribution in [3.05, 3.63) is 82.9 Å². The zero-order chi connectivity index (χ0) is 23.7. The number of carbonyl (C=O) groups excluding carboxylic acids is 1. The van der Waals surface area contributed by atoms with Crippen LogP contribution in [0.3, 0.4) is 0 Å². The number of fused-ring (bicyclic) bond motifs is 1. The summed E-state index contributed by atoms with van der Waals surface area (Å²) < 4.78 is 2.20. The number of imidazole rings is 1. The van der Waals surface area contributed by atoms with E-state index in [2.05, 4.69) is 59.0 Å². The molecule has 5 rings (SSSR count). The minimum Gasteiger partial charge on any atom is -0.326 e. The van der Waals surface area contributed by atoms with Crippen molar-refractivity contribution < 1.29 is 4.79 Å². The highest BCUT2D eigenvalue weighted by molar-refractivity contribution is 6.33. The molecule has 0 saturated carbocycles. The second-order valence-corrected chi connectivity index (χ2v) is 8.85. The van der Waals surface area contributed by atoms with Crippen molar-refractivity contribution in [2.45, 2.75) is 20.0 Å². The van der Waals surface area contributed by atoms with Gasteiger partial charge in [-0.25, -0.2) is 9.78 Å². The molecule has 1 aliphatic rings. The smallest absolute Gasteiger partial charge is 0.320 e. The van der Waals surface area contributed by atoms with Crippen LogP contribution in [0.2, 0.25) is 5.02 Å². The first kappa shape index (κ1) is 22.2. The fourth-order valence-electron chi connectivity index (χ4n) is 4.41. The summed E-state index contributed by atoms with van der Waals surface area (Å²) in [5.74, 6) is 0.893. The number of aromatic nitrogens is 3. The number of likely N-dealkylation sites (N-methyl/N-ethyl adjacent to an activating group) is 1. The maximum absolute atomic E-state index is 12.1. The standard InChI is InChI=1S/C27H26ClN5O/c1-3-33-24-6-4-5-22(21-13-14-29-17-23(21)28)26(24)30-25(33)12-11-19-7-9-20(10-8-19)18-32-16-15-31(2)27(32)34/h4-14,17H,3,15-16,18H2,1-2H3/b12-11+. The minimum absolute atomic E-state index is 0.0925. The molecule has 0 bridgehead atoms. The van der Waals surface area contributed by atoms with Crippen LogP contribution < -0.4 is 0 Å². The van der Waals surface area contributed by atoms with Crippen LogP contribution in [0, 0.1) is 0 Å². The average Bonchev–Trinajstić information content (AvgIpc) is 3.38. The number of nitrogens with zero attached hydrogens (tertiary/aromatic N) is 5. The van der Waals surface area contributed by atoms with E-state index in [1.807, 2.05) is 30.1 Å². The van der Waals surface area contributed by atoms with E-state index in [1.54, 1.807) is 17.3 Å². The van der Waals surface area contributed by atoms with E-state index in [-0.39, 0.29) is 6.03 Å². The van der Waals surface area contributed by atoms with Gasteiger partial charge in [0.05, 0.1) is 16.1 Å². The highest BCUT2D eigenvalue weighted by atomic mass is 35.5. The van der Waals surface area contributed by atoms with Gasteiger partial charge in [0, 0.05) is 56.7 Å². The van der Waals surface area contributed by atoms with Crippen LogP contribution in [0.25, 0.3) is 34.3 Å². The first-order valence-corrected chi connectivity index (χ1v) is 11.8. The third kappa shape index (κ3) is 4.17. The Balaban J connectivity index is 1.41. The quantitative estimate of drug-likeness (QED) is 0.356. The summed E-state index contributed by atoms with van der Waals surface area (Å²) in [4.78, 5) is 24.8. The number of para-hydroxylation sites is 1. The fraction of sp³-hybridized carbons (Fsp3) is 0.222. The molecule has 7 heteroatoms. The van der Waals surface area contributed by atoms with Crippen molar-refractivity contribution in [3.63, 3.8) is 0 Å². The van der Waals surface area contributed by atoms with Gasteiger partial charge in [0.15, 0.2) is 0 Å². The van der Waals surface area contributed by atoms with Gasteiger partial charge in [0.25, 0.3) is 0 Å². The second-order valence-electron chi connectivity index (χ2n) is 8.44. The average molecular weight is 472 g/mol. The number of aryl methyl sites for hydroxylation is 1. The van der Waals surface area contributed by atoms with E-state index in [9.17, 15) is 4.79 Å². The highest BCUT2D eigenvalue weighted by Gasteiger charge is 2.24. The molecule has 1 aliphatic heterocycles. The number of pyridine rings is 1. The second kappa shape index (κ2) is 9.31. The predicted molar refractivity (Wildman–Crippen MR) is 137 cm³/mol. The number of rotatable bonds is 6. The van der Waals surface area contributed by atoms with E-state index in [0.717, 1.165) is 58.7 Å². The van der Waals surface area contributed by atoms with Gasteiger partial charge in [-0.1, -0.05) is 54.1 Å². The highest BCUT2D eigenvalue weighted by Crippen LogP contribution is 2.33. The lowest BCUT2D eigenvalue weighted by Gasteiger charge is -2.15. The fourth-order valence-corrected chi connectivity index (χ4v) is 4.63. The van der Waals surface area contributed by atoms with E-state index in [0.29, 0.717) is 11.6 Å². The van der Waals surface area contributed by atoms with Crippen LogP contribution in [-0.2, 0) is 13.1 Å². The lowest BCUT2D eigenvalue weighted by molar-refractivity contribution is 0.197. The van der Waals surface area contributed by atoms with Crippen molar-refractivity contribution in [3.8, 4) is 11.1 Å². The van der Waals surface area contributed by atoms with Crippen molar-refractivity contribution >= 4 is 40.8 Å². The Bertz CT molecular complexity index is 1380. The summed E-state index contributed by atoms with van der Waals surface area (Å²) in [7, 11) is 1.84. The van der Waals surface area contributed by atoms with Crippen molar-refractivity contribution in [2.24, 2.45) is 0 Å². The van der Waals surface area contributed by atoms with Crippen LogP contribution in [0.15, 0.2) is 60.9 Å². The van der Waals surface area contributed by atoms with Crippen LogP contribution in [-0.4, -0.2) is 50.5 Å². The molecule has 2 amide bonds. The normalized spacial score (nSPS) is 14.1.